The van der Waals surface area contributed by atoms with Crippen LogP contribution >= 0.6 is 31.2 Å². The zero-order valence-corrected chi connectivity index (χ0v) is 19.6. The van der Waals surface area contributed by atoms with Crippen molar-refractivity contribution < 1.29 is 32.8 Å². The van der Waals surface area contributed by atoms with Gasteiger partial charge < -0.3 is 9.84 Å². The number of alkyl halides is 1. The van der Waals surface area contributed by atoms with Crippen molar-refractivity contribution in [3.63, 3.8) is 0 Å². The van der Waals surface area contributed by atoms with E-state index in [2.05, 4.69) is 4.98 Å². The normalized spacial score (nSPS) is 33.3. The number of aliphatic hydroxyl groups excluding tert-OH is 1. The standard InChI is InChI=1S/C17H24ClN2O9PS/c1-16(2,9-21)14(23)31-7-6-26-30(25)27-8-10-12(29-30)17(3,18)13(28-10)20-5-4-11(22)19-15(20)24/h4-5,10,12-13,21H,6-9H2,1-3H3,(H,19,22,24). The van der Waals surface area contributed by atoms with Crippen molar-refractivity contribution >= 4 is 36.3 Å². The second-order valence-corrected chi connectivity index (χ2v) is 11.5. The summed E-state index contributed by atoms with van der Waals surface area (Å²) in [5.74, 6) is 0.178. The molecular formula is C17H24ClN2O9PS. The van der Waals surface area contributed by atoms with E-state index < -0.39 is 47.8 Å². The number of phosphoric acid groups is 1. The summed E-state index contributed by atoms with van der Waals surface area (Å²) in [6.45, 7) is 4.25. The Morgan fingerprint density at radius 3 is 2.87 bits per heavy atom. The van der Waals surface area contributed by atoms with Crippen LogP contribution < -0.4 is 11.2 Å². The second-order valence-electron chi connectivity index (χ2n) is 7.98. The largest absolute Gasteiger partial charge is 0.475 e. The van der Waals surface area contributed by atoms with E-state index in [9.17, 15) is 24.1 Å². The molecular weight excluding hydrogens is 475 g/mol. The van der Waals surface area contributed by atoms with E-state index in [1.165, 1.54) is 6.20 Å². The van der Waals surface area contributed by atoms with E-state index >= 15 is 0 Å². The number of carbonyl (C=O) groups is 1. The van der Waals surface area contributed by atoms with Crippen LogP contribution in [0.1, 0.15) is 27.0 Å². The molecule has 5 atom stereocenters. The molecule has 1 aromatic rings. The highest BCUT2D eigenvalue weighted by Crippen LogP contribution is 2.59. The SMILES string of the molecule is CC(C)(CO)C(=O)SCCOP1(=O)OCC2OC(n3ccc(=O)[nH]c3=O)C(C)(Cl)C2O1. The molecule has 3 heterocycles. The van der Waals surface area contributed by atoms with Crippen LogP contribution in [0.4, 0.5) is 0 Å². The van der Waals surface area contributed by atoms with Gasteiger partial charge in [0, 0.05) is 18.0 Å². The van der Waals surface area contributed by atoms with Crippen molar-refractivity contribution in [3.05, 3.63) is 33.1 Å². The topological polar surface area (TPSA) is 146 Å². The smallest absolute Gasteiger partial charge is 0.395 e. The molecule has 2 aliphatic rings. The van der Waals surface area contributed by atoms with E-state index in [4.69, 9.17) is 29.9 Å². The number of carbonyl (C=O) groups excluding carboxylic acids is 1. The summed E-state index contributed by atoms with van der Waals surface area (Å²) in [5, 5.41) is 9.00. The first-order valence-electron chi connectivity index (χ1n) is 9.41. The minimum Gasteiger partial charge on any atom is -0.395 e. The van der Waals surface area contributed by atoms with Crippen molar-refractivity contribution in [1.82, 2.24) is 9.55 Å². The van der Waals surface area contributed by atoms with Gasteiger partial charge in [0.1, 0.15) is 17.1 Å². The molecule has 0 radical (unpaired) electrons. The van der Waals surface area contributed by atoms with Crippen molar-refractivity contribution in [2.75, 3.05) is 25.6 Å². The number of ether oxygens (including phenoxy) is 1. The minimum absolute atomic E-state index is 0.102. The van der Waals surface area contributed by atoms with E-state index in [1.54, 1.807) is 20.8 Å². The Balaban J connectivity index is 1.64. The fraction of sp³-hybridized carbons (Fsp3) is 0.706. The van der Waals surface area contributed by atoms with E-state index in [0.717, 1.165) is 22.4 Å². The number of fused-ring (bicyclic) bond motifs is 1. The number of rotatable bonds is 7. The fourth-order valence-electron chi connectivity index (χ4n) is 3.07. The number of nitrogens with zero attached hydrogens (tertiary/aromatic N) is 1. The Kier molecular flexibility index (Phi) is 7.24. The van der Waals surface area contributed by atoms with E-state index in [1.807, 2.05) is 0 Å². The maximum Gasteiger partial charge on any atom is 0.475 e. The average molecular weight is 499 g/mol. The highest BCUT2D eigenvalue weighted by Gasteiger charge is 2.60. The number of phosphoric ester groups is 1. The van der Waals surface area contributed by atoms with Crippen molar-refractivity contribution in [2.45, 2.75) is 44.1 Å². The monoisotopic (exact) mass is 498 g/mol. The third kappa shape index (κ3) is 5.17. The van der Waals surface area contributed by atoms with Gasteiger partial charge >= 0.3 is 13.5 Å². The second kappa shape index (κ2) is 9.11. The average Bonchev–Trinajstić information content (AvgIpc) is 2.95. The molecule has 0 saturated carbocycles. The predicted octanol–water partition coefficient (Wildman–Crippen LogP) is 1.25. The predicted molar refractivity (Wildman–Crippen MR) is 112 cm³/mol. The summed E-state index contributed by atoms with van der Waals surface area (Å²) in [7, 11) is -3.99. The quantitative estimate of drug-likeness (QED) is 0.320. The number of aromatic nitrogens is 2. The molecule has 3 rings (SSSR count). The molecule has 0 aliphatic carbocycles. The summed E-state index contributed by atoms with van der Waals surface area (Å²) in [4.78, 5) is 36.3. The molecule has 0 bridgehead atoms. The molecule has 174 valence electrons. The molecule has 2 aliphatic heterocycles. The van der Waals surface area contributed by atoms with Gasteiger partial charge in [0.2, 0.25) is 0 Å². The molecule has 0 aromatic carbocycles. The van der Waals surface area contributed by atoms with Gasteiger partial charge in [0.15, 0.2) is 11.3 Å². The first-order chi connectivity index (χ1) is 14.4. The molecule has 2 N–H and O–H groups in total. The lowest BCUT2D eigenvalue weighted by molar-refractivity contribution is -0.119. The number of hydrogen-bond donors (Lipinski definition) is 2. The van der Waals surface area contributed by atoms with Crippen LogP contribution in [-0.2, 0) is 27.7 Å². The number of aliphatic hydroxyl groups is 1. The van der Waals surface area contributed by atoms with Crippen molar-refractivity contribution in [1.29, 1.82) is 0 Å². The summed E-state index contributed by atoms with van der Waals surface area (Å²) < 4.78 is 35.9. The Morgan fingerprint density at radius 1 is 1.52 bits per heavy atom. The fourth-order valence-corrected chi connectivity index (χ4v) is 5.87. The molecule has 5 unspecified atom stereocenters. The molecule has 0 amide bonds. The number of aromatic amines is 1. The number of thioether (sulfide) groups is 1. The molecule has 14 heteroatoms. The Hall–Kier alpha value is -0.980. The van der Waals surface area contributed by atoms with Gasteiger partial charge in [-0.1, -0.05) is 11.8 Å². The van der Waals surface area contributed by atoms with Crippen LogP contribution in [0.3, 0.4) is 0 Å². The number of H-pyrrole nitrogens is 1. The van der Waals surface area contributed by atoms with E-state index in [-0.39, 0.29) is 30.7 Å². The highest BCUT2D eigenvalue weighted by molar-refractivity contribution is 8.13. The van der Waals surface area contributed by atoms with Crippen LogP contribution in [0.2, 0.25) is 0 Å². The van der Waals surface area contributed by atoms with Crippen LogP contribution in [0, 0.1) is 5.41 Å². The zero-order chi connectivity index (χ0) is 23.0. The Bertz CT molecular complexity index is 994. The number of nitrogens with one attached hydrogen (secondary N) is 1. The maximum absolute atomic E-state index is 12.9. The summed E-state index contributed by atoms with van der Waals surface area (Å²) in [6.07, 6.45) is -1.42. The van der Waals surface area contributed by atoms with Crippen LogP contribution in [-0.4, -0.2) is 62.4 Å². The first kappa shape index (κ1) is 24.7. The minimum atomic E-state index is -3.99. The van der Waals surface area contributed by atoms with Gasteiger partial charge in [0.25, 0.3) is 5.56 Å². The van der Waals surface area contributed by atoms with Crippen LogP contribution in [0.25, 0.3) is 0 Å². The van der Waals surface area contributed by atoms with Crippen LogP contribution in [0.15, 0.2) is 21.9 Å². The molecule has 31 heavy (non-hydrogen) atoms. The van der Waals surface area contributed by atoms with Gasteiger partial charge in [-0.3, -0.25) is 32.7 Å². The summed E-state index contributed by atoms with van der Waals surface area (Å²) in [5.41, 5.74) is -2.17. The third-order valence-corrected chi connectivity index (χ3v) is 7.97. The van der Waals surface area contributed by atoms with Gasteiger partial charge in [-0.15, -0.1) is 11.6 Å². The summed E-state index contributed by atoms with van der Waals surface area (Å²) >= 11 is 7.58. The lowest BCUT2D eigenvalue weighted by Crippen LogP contribution is -2.45. The summed E-state index contributed by atoms with van der Waals surface area (Å²) in [6, 6.07) is 1.15. The molecule has 2 fully saturated rings. The maximum atomic E-state index is 12.9. The van der Waals surface area contributed by atoms with Gasteiger partial charge in [-0.2, -0.15) is 0 Å². The Morgan fingerprint density at radius 2 is 2.23 bits per heavy atom. The highest BCUT2D eigenvalue weighted by atomic mass is 35.5. The molecule has 0 spiro atoms. The van der Waals surface area contributed by atoms with Crippen molar-refractivity contribution in [3.8, 4) is 0 Å². The van der Waals surface area contributed by atoms with E-state index in [0.29, 0.717) is 0 Å². The van der Waals surface area contributed by atoms with Crippen LogP contribution in [0.5, 0.6) is 0 Å². The lowest BCUT2D eigenvalue weighted by atomic mass is 9.97. The molecule has 11 nitrogen and oxygen atoms in total. The van der Waals surface area contributed by atoms with Crippen molar-refractivity contribution in [2.24, 2.45) is 5.41 Å². The molecule has 1 aromatic heterocycles. The zero-order valence-electron chi connectivity index (χ0n) is 17.1. The third-order valence-electron chi connectivity index (χ3n) is 4.94. The number of halogens is 1. The Labute approximate surface area is 187 Å². The molecule has 2 saturated heterocycles. The lowest BCUT2D eigenvalue weighted by Gasteiger charge is -2.34. The number of hydrogen-bond acceptors (Lipinski definition) is 10. The first-order valence-corrected chi connectivity index (χ1v) is 12.2. The van der Waals surface area contributed by atoms with Gasteiger partial charge in [-0.25, -0.2) is 9.36 Å². The van der Waals surface area contributed by atoms with Gasteiger partial charge in [0.05, 0.1) is 25.2 Å². The van der Waals surface area contributed by atoms with Gasteiger partial charge in [-0.05, 0) is 20.8 Å².